The smallest absolute Gasteiger partial charge is 0.256 e. The van der Waals surface area contributed by atoms with Gasteiger partial charge in [0, 0.05) is 16.8 Å². The van der Waals surface area contributed by atoms with Gasteiger partial charge in [-0.1, -0.05) is 36.4 Å². The molecule has 3 aromatic carbocycles. The molecular formula is C25H19BrN2O2. The molecule has 1 amide bonds. The highest BCUT2D eigenvalue weighted by Gasteiger charge is 2.24. The molecule has 1 aliphatic rings. The van der Waals surface area contributed by atoms with Crippen LogP contribution in [-0.2, 0) is 11.2 Å². The molecule has 0 radical (unpaired) electrons. The van der Waals surface area contributed by atoms with Crippen molar-refractivity contribution in [2.45, 2.75) is 19.8 Å². The Morgan fingerprint density at radius 2 is 1.93 bits per heavy atom. The van der Waals surface area contributed by atoms with Crippen molar-refractivity contribution in [2.75, 3.05) is 5.32 Å². The third-order valence-electron chi connectivity index (χ3n) is 5.26. The number of fused-ring (bicyclic) bond motifs is 1. The van der Waals surface area contributed by atoms with Crippen molar-refractivity contribution in [2.24, 2.45) is 0 Å². The molecule has 1 aliphatic heterocycles. The highest BCUT2D eigenvalue weighted by atomic mass is 79.9. The molecule has 2 N–H and O–H groups in total. The number of phenolic OH excluding ortho intramolecular Hbond substituents is 1. The fourth-order valence-electron chi connectivity index (χ4n) is 3.73. The number of carbonyl (C=O) groups is 1. The number of halogens is 1. The van der Waals surface area contributed by atoms with Crippen molar-refractivity contribution in [3.8, 4) is 22.9 Å². The first kappa shape index (κ1) is 19.9. The number of aromatic hydroxyl groups is 1. The summed E-state index contributed by atoms with van der Waals surface area (Å²) in [7, 11) is 0. The molecule has 0 atom stereocenters. The molecule has 4 rings (SSSR count). The first-order chi connectivity index (χ1) is 14.5. The largest absolute Gasteiger partial charge is 0.506 e. The second-order valence-corrected chi connectivity index (χ2v) is 8.13. The number of phenols is 1. The van der Waals surface area contributed by atoms with Gasteiger partial charge >= 0.3 is 0 Å². The lowest BCUT2D eigenvalue weighted by Crippen LogP contribution is -2.03. The number of hydrogen-bond donors (Lipinski definition) is 2. The standard InChI is InChI=1S/C25H19BrN2O2/c1-15-11-16(12-22(26)24(15)29)5-4-8-20-21-13-17(9-10-23(21)28-25(20)30)19-7-3-2-6-18(19)14-27/h2-3,6-13,29H,4-5H2,1H3,(H,28,30)/b20-8-. The molecule has 0 aromatic heterocycles. The number of nitrogens with one attached hydrogen (secondary N) is 1. The Labute approximate surface area is 183 Å². The lowest BCUT2D eigenvalue weighted by Gasteiger charge is -2.07. The lowest BCUT2D eigenvalue weighted by molar-refractivity contribution is -0.110. The van der Waals surface area contributed by atoms with Crippen molar-refractivity contribution in [3.05, 3.63) is 87.4 Å². The minimum absolute atomic E-state index is 0.112. The predicted octanol–water partition coefficient (Wildman–Crippen LogP) is 5.97. The zero-order valence-electron chi connectivity index (χ0n) is 16.4. The Bertz CT molecular complexity index is 1220. The first-order valence-corrected chi connectivity index (χ1v) is 10.4. The van der Waals surface area contributed by atoms with E-state index in [9.17, 15) is 15.2 Å². The number of hydrogen-bond acceptors (Lipinski definition) is 3. The van der Waals surface area contributed by atoms with Crippen LogP contribution in [0.3, 0.4) is 0 Å². The van der Waals surface area contributed by atoms with Crippen molar-refractivity contribution < 1.29 is 9.90 Å². The number of aryl methyl sites for hydroxylation is 2. The predicted molar refractivity (Wildman–Crippen MR) is 122 cm³/mol. The number of anilines is 1. The van der Waals surface area contributed by atoms with Crippen LogP contribution in [0, 0.1) is 18.3 Å². The summed E-state index contributed by atoms with van der Waals surface area (Å²) in [5.74, 6) is 0.144. The summed E-state index contributed by atoms with van der Waals surface area (Å²) in [6.45, 7) is 1.86. The third-order valence-corrected chi connectivity index (χ3v) is 5.86. The van der Waals surface area contributed by atoms with Crippen LogP contribution in [0.1, 0.15) is 28.7 Å². The molecule has 148 valence electrons. The van der Waals surface area contributed by atoms with Crippen LogP contribution in [0.25, 0.3) is 16.7 Å². The molecule has 0 spiro atoms. The van der Waals surface area contributed by atoms with Gasteiger partial charge in [-0.05, 0) is 82.2 Å². The minimum Gasteiger partial charge on any atom is -0.506 e. The average molecular weight is 459 g/mol. The molecule has 0 unspecified atom stereocenters. The van der Waals surface area contributed by atoms with Gasteiger partial charge in [0.1, 0.15) is 5.75 Å². The van der Waals surface area contributed by atoms with Crippen molar-refractivity contribution in [1.82, 2.24) is 0 Å². The van der Waals surface area contributed by atoms with Crippen molar-refractivity contribution in [3.63, 3.8) is 0 Å². The normalized spacial score (nSPS) is 13.8. The molecule has 30 heavy (non-hydrogen) atoms. The number of amides is 1. The van der Waals surface area contributed by atoms with Gasteiger partial charge in [-0.3, -0.25) is 4.79 Å². The monoisotopic (exact) mass is 458 g/mol. The van der Waals surface area contributed by atoms with E-state index < -0.39 is 0 Å². The zero-order chi connectivity index (χ0) is 21.3. The fraction of sp³-hybridized carbons (Fsp3) is 0.120. The van der Waals surface area contributed by atoms with E-state index in [1.54, 1.807) is 6.07 Å². The van der Waals surface area contributed by atoms with Crippen molar-refractivity contribution >= 4 is 33.1 Å². The third kappa shape index (κ3) is 3.74. The second kappa shape index (κ2) is 8.17. The van der Waals surface area contributed by atoms with Gasteiger partial charge in [0.2, 0.25) is 0 Å². The highest BCUT2D eigenvalue weighted by molar-refractivity contribution is 9.10. The lowest BCUT2D eigenvalue weighted by atomic mass is 9.96. The first-order valence-electron chi connectivity index (χ1n) is 9.61. The topological polar surface area (TPSA) is 73.1 Å². The maximum absolute atomic E-state index is 12.5. The number of allylic oxidation sites excluding steroid dienone is 1. The molecular weight excluding hydrogens is 440 g/mol. The van der Waals surface area contributed by atoms with E-state index in [-0.39, 0.29) is 11.7 Å². The number of rotatable bonds is 4. The van der Waals surface area contributed by atoms with Gasteiger partial charge in [-0.25, -0.2) is 0 Å². The molecule has 0 aliphatic carbocycles. The molecule has 5 heteroatoms. The van der Waals surface area contributed by atoms with Crippen LogP contribution in [-0.4, -0.2) is 11.0 Å². The van der Waals surface area contributed by atoms with Crippen LogP contribution >= 0.6 is 15.9 Å². The van der Waals surface area contributed by atoms with Crippen molar-refractivity contribution in [1.29, 1.82) is 5.26 Å². The summed E-state index contributed by atoms with van der Waals surface area (Å²) < 4.78 is 0.676. The SMILES string of the molecule is Cc1cc(CC/C=C2\C(=O)Nc3ccc(-c4ccccc4C#N)cc32)cc(Br)c1O. The van der Waals surface area contributed by atoms with E-state index in [0.717, 1.165) is 39.9 Å². The molecule has 0 fully saturated rings. The summed E-state index contributed by atoms with van der Waals surface area (Å²) in [6, 6.07) is 19.3. The minimum atomic E-state index is -0.112. The number of nitriles is 1. The van der Waals surface area contributed by atoms with E-state index in [2.05, 4.69) is 27.3 Å². The van der Waals surface area contributed by atoms with Crippen LogP contribution in [0.5, 0.6) is 5.75 Å². The second-order valence-electron chi connectivity index (χ2n) is 7.27. The van der Waals surface area contributed by atoms with Gasteiger partial charge in [-0.15, -0.1) is 0 Å². The Morgan fingerprint density at radius 1 is 1.13 bits per heavy atom. The Kier molecular flexibility index (Phi) is 5.43. The molecule has 0 saturated carbocycles. The van der Waals surface area contributed by atoms with Gasteiger partial charge in [0.15, 0.2) is 0 Å². The Hall–Kier alpha value is -3.36. The Balaban J connectivity index is 1.62. The number of carbonyl (C=O) groups excluding carboxylic acids is 1. The van der Waals surface area contributed by atoms with E-state index in [1.165, 1.54) is 0 Å². The van der Waals surface area contributed by atoms with Gasteiger partial charge in [0.25, 0.3) is 5.91 Å². The van der Waals surface area contributed by atoms with Crippen LogP contribution in [0.4, 0.5) is 5.69 Å². The zero-order valence-corrected chi connectivity index (χ0v) is 18.0. The van der Waals surface area contributed by atoms with E-state index in [0.29, 0.717) is 22.0 Å². The van der Waals surface area contributed by atoms with Gasteiger partial charge < -0.3 is 10.4 Å². The maximum atomic E-state index is 12.5. The summed E-state index contributed by atoms with van der Waals surface area (Å²) in [5, 5.41) is 22.2. The summed E-state index contributed by atoms with van der Waals surface area (Å²) in [4.78, 5) is 12.5. The van der Waals surface area contributed by atoms with Crippen LogP contribution < -0.4 is 5.32 Å². The quantitative estimate of drug-likeness (QED) is 0.472. The number of nitrogens with zero attached hydrogens (tertiary/aromatic N) is 1. The molecule has 0 bridgehead atoms. The fourth-order valence-corrected chi connectivity index (χ4v) is 4.33. The molecule has 0 saturated heterocycles. The average Bonchev–Trinajstić information content (AvgIpc) is 3.06. The molecule has 4 nitrogen and oxygen atoms in total. The van der Waals surface area contributed by atoms with Crippen LogP contribution in [0.2, 0.25) is 0 Å². The van der Waals surface area contributed by atoms with E-state index in [4.69, 9.17) is 0 Å². The van der Waals surface area contributed by atoms with Crippen LogP contribution in [0.15, 0.2) is 65.1 Å². The number of benzene rings is 3. The van der Waals surface area contributed by atoms with Gasteiger partial charge in [0.05, 0.1) is 16.1 Å². The molecule has 3 aromatic rings. The maximum Gasteiger partial charge on any atom is 0.256 e. The molecule has 1 heterocycles. The van der Waals surface area contributed by atoms with E-state index >= 15 is 0 Å². The Morgan fingerprint density at radius 3 is 2.70 bits per heavy atom. The summed E-state index contributed by atoms with van der Waals surface area (Å²) >= 11 is 3.38. The summed E-state index contributed by atoms with van der Waals surface area (Å²) in [5.41, 5.74) is 6.56. The highest BCUT2D eigenvalue weighted by Crippen LogP contribution is 2.36. The van der Waals surface area contributed by atoms with Gasteiger partial charge in [-0.2, -0.15) is 5.26 Å². The van der Waals surface area contributed by atoms with E-state index in [1.807, 2.05) is 61.5 Å². The summed E-state index contributed by atoms with van der Waals surface area (Å²) in [6.07, 6.45) is 3.40.